The second-order valence-electron chi connectivity index (χ2n) is 6.95. The zero-order chi connectivity index (χ0) is 18.1. The van der Waals surface area contributed by atoms with Crippen molar-refractivity contribution in [1.82, 2.24) is 9.88 Å². The molecule has 0 unspecified atom stereocenters. The highest BCUT2D eigenvalue weighted by Gasteiger charge is 2.34. The first-order valence-electron chi connectivity index (χ1n) is 8.45. The summed E-state index contributed by atoms with van der Waals surface area (Å²) in [5.41, 5.74) is 2.02. The normalized spacial score (nSPS) is 17.6. The fourth-order valence-corrected chi connectivity index (χ4v) is 4.76. The first-order valence-corrected chi connectivity index (χ1v) is 10.1. The van der Waals surface area contributed by atoms with E-state index >= 15 is 0 Å². The zero-order valence-electron chi connectivity index (χ0n) is 15.0. The minimum absolute atomic E-state index is 0.0676. The van der Waals surface area contributed by atoms with Crippen LogP contribution in [0.4, 0.5) is 5.13 Å². The molecular formula is C18H23N3O2S2. The maximum atomic E-state index is 12.5. The molecule has 1 aliphatic heterocycles. The Hall–Kier alpha value is -1.73. The van der Waals surface area contributed by atoms with Gasteiger partial charge in [-0.2, -0.15) is 0 Å². The lowest BCUT2D eigenvalue weighted by Crippen LogP contribution is -2.31. The fraction of sp³-hybridized carbons (Fsp3) is 0.500. The molecule has 0 spiro atoms. The summed E-state index contributed by atoms with van der Waals surface area (Å²) in [6.45, 7) is 9.52. The van der Waals surface area contributed by atoms with Crippen LogP contribution in [0.2, 0.25) is 0 Å². The standard InChI is InChI=1S/C18H23N3O2S2/c1-10(2)7-21-8-13(6-16(21)22)17(23)20-18-19-15(9-24-18)14-5-11(3)25-12(14)4/h5,9-10,13H,6-8H2,1-4H3,(H,19,20,23)/t13-/m0/s1. The average Bonchev–Trinajstić information content (AvgIpc) is 3.19. The highest BCUT2D eigenvalue weighted by atomic mass is 32.1. The first kappa shape index (κ1) is 18.1. The molecule has 7 heteroatoms. The topological polar surface area (TPSA) is 62.3 Å². The van der Waals surface area contributed by atoms with E-state index in [1.54, 1.807) is 16.2 Å². The van der Waals surface area contributed by atoms with Crippen molar-refractivity contribution in [2.75, 3.05) is 18.4 Å². The molecule has 25 heavy (non-hydrogen) atoms. The SMILES string of the molecule is Cc1cc(-c2csc(NC(=O)[C@H]3CC(=O)N(CC(C)C)C3)n2)c(C)s1. The van der Waals surface area contributed by atoms with Crippen LogP contribution < -0.4 is 5.32 Å². The van der Waals surface area contributed by atoms with Crippen molar-refractivity contribution >= 4 is 39.6 Å². The molecule has 0 aliphatic carbocycles. The number of anilines is 1. The van der Waals surface area contributed by atoms with Crippen molar-refractivity contribution in [3.8, 4) is 11.3 Å². The molecule has 5 nitrogen and oxygen atoms in total. The molecule has 0 bridgehead atoms. The first-order chi connectivity index (χ1) is 11.8. The number of aromatic nitrogens is 1. The third-order valence-corrected chi connectivity index (χ3v) is 5.95. The second-order valence-corrected chi connectivity index (χ2v) is 9.27. The van der Waals surface area contributed by atoms with Crippen LogP contribution in [0.15, 0.2) is 11.4 Å². The van der Waals surface area contributed by atoms with Gasteiger partial charge in [0.2, 0.25) is 11.8 Å². The highest BCUT2D eigenvalue weighted by molar-refractivity contribution is 7.14. The van der Waals surface area contributed by atoms with E-state index < -0.39 is 0 Å². The molecule has 3 rings (SSSR count). The minimum atomic E-state index is -0.288. The predicted molar refractivity (Wildman–Crippen MR) is 103 cm³/mol. The molecule has 1 aliphatic rings. The molecule has 1 atom stereocenters. The van der Waals surface area contributed by atoms with E-state index in [4.69, 9.17) is 0 Å². The maximum absolute atomic E-state index is 12.5. The Balaban J connectivity index is 1.64. The number of carbonyl (C=O) groups excluding carboxylic acids is 2. The van der Waals surface area contributed by atoms with Crippen molar-refractivity contribution in [3.63, 3.8) is 0 Å². The Labute approximate surface area is 156 Å². The van der Waals surface area contributed by atoms with Crippen molar-refractivity contribution in [3.05, 3.63) is 21.2 Å². The van der Waals surface area contributed by atoms with Crippen LogP contribution in [-0.4, -0.2) is 34.8 Å². The van der Waals surface area contributed by atoms with E-state index in [-0.39, 0.29) is 17.7 Å². The van der Waals surface area contributed by atoms with Gasteiger partial charge in [-0.1, -0.05) is 13.8 Å². The summed E-state index contributed by atoms with van der Waals surface area (Å²) in [5, 5.41) is 5.45. The van der Waals surface area contributed by atoms with Gasteiger partial charge in [-0.05, 0) is 25.8 Å². The van der Waals surface area contributed by atoms with Crippen LogP contribution in [0.25, 0.3) is 11.3 Å². The molecule has 1 N–H and O–H groups in total. The van der Waals surface area contributed by atoms with E-state index in [2.05, 4.69) is 44.1 Å². The van der Waals surface area contributed by atoms with Crippen molar-refractivity contribution in [2.24, 2.45) is 11.8 Å². The van der Waals surface area contributed by atoms with Gasteiger partial charge in [0.25, 0.3) is 0 Å². The number of carbonyl (C=O) groups is 2. The molecule has 0 saturated carbocycles. The van der Waals surface area contributed by atoms with Crippen LogP contribution in [0.5, 0.6) is 0 Å². The summed E-state index contributed by atoms with van der Waals surface area (Å²) >= 11 is 3.17. The number of hydrogen-bond donors (Lipinski definition) is 1. The lowest BCUT2D eigenvalue weighted by atomic mass is 10.1. The summed E-state index contributed by atoms with van der Waals surface area (Å²) in [7, 11) is 0. The molecule has 1 fully saturated rings. The van der Waals surface area contributed by atoms with Gasteiger partial charge in [0.15, 0.2) is 5.13 Å². The van der Waals surface area contributed by atoms with E-state index in [1.807, 2.05) is 5.38 Å². The quantitative estimate of drug-likeness (QED) is 0.859. The molecule has 2 amide bonds. The van der Waals surface area contributed by atoms with Gasteiger partial charge in [0, 0.05) is 40.2 Å². The number of thiazole rings is 1. The summed E-state index contributed by atoms with van der Waals surface area (Å²) in [6.07, 6.45) is 0.291. The lowest BCUT2D eigenvalue weighted by molar-refractivity contribution is -0.128. The summed E-state index contributed by atoms with van der Waals surface area (Å²) in [5.74, 6) is 0.0742. The van der Waals surface area contributed by atoms with E-state index in [9.17, 15) is 9.59 Å². The Kier molecular flexibility index (Phi) is 5.24. The fourth-order valence-electron chi connectivity index (χ4n) is 3.11. The lowest BCUT2D eigenvalue weighted by Gasteiger charge is -2.18. The second kappa shape index (κ2) is 7.25. The number of hydrogen-bond acceptors (Lipinski definition) is 5. The Morgan fingerprint density at radius 3 is 2.84 bits per heavy atom. The van der Waals surface area contributed by atoms with Crippen LogP contribution >= 0.6 is 22.7 Å². The van der Waals surface area contributed by atoms with Gasteiger partial charge < -0.3 is 10.2 Å². The molecule has 1 saturated heterocycles. The number of nitrogens with one attached hydrogen (secondary N) is 1. The molecule has 0 radical (unpaired) electrons. The largest absolute Gasteiger partial charge is 0.342 e. The van der Waals surface area contributed by atoms with Crippen LogP contribution in [0.3, 0.4) is 0 Å². The van der Waals surface area contributed by atoms with Crippen molar-refractivity contribution in [2.45, 2.75) is 34.1 Å². The van der Waals surface area contributed by atoms with E-state index in [1.165, 1.54) is 21.1 Å². The van der Waals surface area contributed by atoms with Gasteiger partial charge in [-0.3, -0.25) is 9.59 Å². The molecule has 3 heterocycles. The zero-order valence-corrected chi connectivity index (χ0v) is 16.6. The van der Waals surface area contributed by atoms with Gasteiger partial charge in [0.05, 0.1) is 11.6 Å². The average molecular weight is 378 g/mol. The maximum Gasteiger partial charge on any atom is 0.231 e. The minimum Gasteiger partial charge on any atom is -0.342 e. The number of amides is 2. The van der Waals surface area contributed by atoms with Gasteiger partial charge in [-0.15, -0.1) is 22.7 Å². The van der Waals surface area contributed by atoms with Crippen molar-refractivity contribution in [1.29, 1.82) is 0 Å². The van der Waals surface area contributed by atoms with Gasteiger partial charge in [-0.25, -0.2) is 4.98 Å². The highest BCUT2D eigenvalue weighted by Crippen LogP contribution is 2.33. The van der Waals surface area contributed by atoms with Gasteiger partial charge >= 0.3 is 0 Å². The Morgan fingerprint density at radius 1 is 1.44 bits per heavy atom. The summed E-state index contributed by atoms with van der Waals surface area (Å²) in [4.78, 5) is 33.3. The third kappa shape index (κ3) is 4.10. The predicted octanol–water partition coefficient (Wildman–Crippen LogP) is 3.93. The molecule has 134 valence electrons. The molecule has 2 aromatic rings. The van der Waals surface area contributed by atoms with Crippen LogP contribution in [0, 0.1) is 25.7 Å². The molecule has 0 aromatic carbocycles. The summed E-state index contributed by atoms with van der Waals surface area (Å²) in [6, 6.07) is 2.13. The van der Waals surface area contributed by atoms with E-state index in [0.29, 0.717) is 30.6 Å². The third-order valence-electron chi connectivity index (χ3n) is 4.22. The van der Waals surface area contributed by atoms with Crippen LogP contribution in [-0.2, 0) is 9.59 Å². The number of nitrogens with zero attached hydrogens (tertiary/aromatic N) is 2. The van der Waals surface area contributed by atoms with Crippen LogP contribution in [0.1, 0.15) is 30.0 Å². The number of aryl methyl sites for hydroxylation is 2. The molecule has 2 aromatic heterocycles. The van der Waals surface area contributed by atoms with Crippen molar-refractivity contribution < 1.29 is 9.59 Å². The van der Waals surface area contributed by atoms with Gasteiger partial charge in [0.1, 0.15) is 0 Å². The summed E-state index contributed by atoms with van der Waals surface area (Å²) < 4.78 is 0. The smallest absolute Gasteiger partial charge is 0.231 e. The Morgan fingerprint density at radius 2 is 2.20 bits per heavy atom. The number of likely N-dealkylation sites (tertiary alicyclic amines) is 1. The molecular weight excluding hydrogens is 354 g/mol. The van der Waals surface area contributed by atoms with E-state index in [0.717, 1.165) is 11.3 Å². The Bertz CT molecular complexity index is 794. The number of thiophene rings is 1. The monoisotopic (exact) mass is 377 g/mol. The number of rotatable bonds is 5.